The SMILES string of the molecule is CC(NCC1CC(O)CN1Cc1ccccc1)c1ccco1. The van der Waals surface area contributed by atoms with E-state index in [1.54, 1.807) is 6.26 Å². The highest BCUT2D eigenvalue weighted by molar-refractivity contribution is 5.15. The first-order valence-electron chi connectivity index (χ1n) is 7.95. The summed E-state index contributed by atoms with van der Waals surface area (Å²) in [5.41, 5.74) is 1.29. The Morgan fingerprint density at radius 1 is 1.27 bits per heavy atom. The standard InChI is InChI=1S/C18H24N2O2/c1-14(18-8-5-9-22-18)19-11-16-10-17(21)13-20(16)12-15-6-3-2-4-7-15/h2-9,14,16-17,19,21H,10-13H2,1H3. The third-order valence-electron chi connectivity index (χ3n) is 4.36. The number of benzene rings is 1. The zero-order valence-corrected chi connectivity index (χ0v) is 13.0. The summed E-state index contributed by atoms with van der Waals surface area (Å²) in [6.45, 7) is 4.59. The fourth-order valence-corrected chi connectivity index (χ4v) is 3.13. The smallest absolute Gasteiger partial charge is 0.120 e. The fraction of sp³-hybridized carbons (Fsp3) is 0.444. The van der Waals surface area contributed by atoms with Crippen LogP contribution in [0.5, 0.6) is 0 Å². The molecule has 3 rings (SSSR count). The summed E-state index contributed by atoms with van der Waals surface area (Å²) < 4.78 is 5.43. The van der Waals surface area contributed by atoms with Crippen LogP contribution >= 0.6 is 0 Å². The molecule has 0 aliphatic carbocycles. The highest BCUT2D eigenvalue weighted by atomic mass is 16.3. The van der Waals surface area contributed by atoms with Gasteiger partial charge in [-0.1, -0.05) is 30.3 Å². The molecule has 1 aliphatic heterocycles. The fourth-order valence-electron chi connectivity index (χ4n) is 3.13. The predicted octanol–water partition coefficient (Wildman–Crippen LogP) is 2.57. The Morgan fingerprint density at radius 2 is 2.09 bits per heavy atom. The molecule has 2 heterocycles. The van der Waals surface area contributed by atoms with Crippen LogP contribution in [0.2, 0.25) is 0 Å². The lowest BCUT2D eigenvalue weighted by Crippen LogP contribution is -2.38. The third-order valence-corrected chi connectivity index (χ3v) is 4.36. The second-order valence-electron chi connectivity index (χ2n) is 6.10. The summed E-state index contributed by atoms with van der Waals surface area (Å²) in [7, 11) is 0. The molecule has 118 valence electrons. The molecule has 1 fully saturated rings. The number of nitrogens with zero attached hydrogens (tertiary/aromatic N) is 1. The van der Waals surface area contributed by atoms with Crippen LogP contribution in [0.25, 0.3) is 0 Å². The van der Waals surface area contributed by atoms with Crippen molar-refractivity contribution in [3.8, 4) is 0 Å². The van der Waals surface area contributed by atoms with Gasteiger partial charge in [-0.15, -0.1) is 0 Å². The van der Waals surface area contributed by atoms with E-state index >= 15 is 0 Å². The van der Waals surface area contributed by atoms with Gasteiger partial charge in [0.2, 0.25) is 0 Å². The molecule has 3 unspecified atom stereocenters. The Labute approximate surface area is 131 Å². The Kier molecular flexibility index (Phi) is 4.93. The molecular formula is C18H24N2O2. The molecule has 1 aromatic heterocycles. The van der Waals surface area contributed by atoms with Crippen LogP contribution in [0.4, 0.5) is 0 Å². The van der Waals surface area contributed by atoms with E-state index in [1.807, 2.05) is 18.2 Å². The molecule has 0 radical (unpaired) electrons. The van der Waals surface area contributed by atoms with Crippen LogP contribution < -0.4 is 5.32 Å². The number of aliphatic hydroxyl groups is 1. The number of likely N-dealkylation sites (tertiary alicyclic amines) is 1. The maximum absolute atomic E-state index is 10.0. The van der Waals surface area contributed by atoms with Gasteiger partial charge in [0.05, 0.1) is 18.4 Å². The zero-order chi connectivity index (χ0) is 15.4. The van der Waals surface area contributed by atoms with E-state index in [9.17, 15) is 5.11 Å². The molecule has 22 heavy (non-hydrogen) atoms. The van der Waals surface area contributed by atoms with E-state index in [0.29, 0.717) is 6.04 Å². The Morgan fingerprint density at radius 3 is 2.82 bits per heavy atom. The average Bonchev–Trinajstić information content (AvgIpc) is 3.16. The second kappa shape index (κ2) is 7.09. The van der Waals surface area contributed by atoms with E-state index in [1.165, 1.54) is 5.56 Å². The lowest BCUT2D eigenvalue weighted by atomic mass is 10.1. The third kappa shape index (κ3) is 3.77. The van der Waals surface area contributed by atoms with Crippen molar-refractivity contribution in [2.24, 2.45) is 0 Å². The number of β-amino-alcohol motifs (C(OH)–C–C–N with tert-alkyl or cyclic N) is 1. The average molecular weight is 300 g/mol. The van der Waals surface area contributed by atoms with Crippen molar-refractivity contribution < 1.29 is 9.52 Å². The van der Waals surface area contributed by atoms with E-state index < -0.39 is 0 Å². The van der Waals surface area contributed by atoms with Crippen LogP contribution in [0.3, 0.4) is 0 Å². The first kappa shape index (κ1) is 15.3. The monoisotopic (exact) mass is 300 g/mol. The van der Waals surface area contributed by atoms with Gasteiger partial charge in [0.25, 0.3) is 0 Å². The van der Waals surface area contributed by atoms with Gasteiger partial charge in [-0.2, -0.15) is 0 Å². The molecule has 1 aromatic carbocycles. The summed E-state index contributed by atoms with van der Waals surface area (Å²) >= 11 is 0. The van der Waals surface area contributed by atoms with Gasteiger partial charge in [-0.3, -0.25) is 4.90 Å². The maximum atomic E-state index is 10.0. The number of hydrogen-bond acceptors (Lipinski definition) is 4. The minimum absolute atomic E-state index is 0.186. The summed E-state index contributed by atoms with van der Waals surface area (Å²) in [5, 5.41) is 13.5. The Balaban J connectivity index is 1.56. The molecule has 4 heteroatoms. The van der Waals surface area contributed by atoms with Gasteiger partial charge in [-0.05, 0) is 31.0 Å². The number of rotatable bonds is 6. The van der Waals surface area contributed by atoms with E-state index in [2.05, 4.69) is 41.4 Å². The van der Waals surface area contributed by atoms with E-state index in [4.69, 9.17) is 4.42 Å². The number of furan rings is 1. The molecule has 4 nitrogen and oxygen atoms in total. The van der Waals surface area contributed by atoms with Crippen molar-refractivity contribution in [1.29, 1.82) is 0 Å². The van der Waals surface area contributed by atoms with Crippen LogP contribution in [0, 0.1) is 0 Å². The van der Waals surface area contributed by atoms with Gasteiger partial charge < -0.3 is 14.8 Å². The van der Waals surface area contributed by atoms with Crippen molar-refractivity contribution in [3.05, 3.63) is 60.1 Å². The number of nitrogens with one attached hydrogen (secondary N) is 1. The first-order valence-corrected chi connectivity index (χ1v) is 7.95. The van der Waals surface area contributed by atoms with Crippen molar-refractivity contribution in [1.82, 2.24) is 10.2 Å². The molecule has 0 bridgehead atoms. The summed E-state index contributed by atoms with van der Waals surface area (Å²) in [6, 6.07) is 14.9. The van der Waals surface area contributed by atoms with Gasteiger partial charge in [0, 0.05) is 25.7 Å². The quantitative estimate of drug-likeness (QED) is 0.861. The van der Waals surface area contributed by atoms with E-state index in [-0.39, 0.29) is 12.1 Å². The highest BCUT2D eigenvalue weighted by Gasteiger charge is 2.30. The minimum atomic E-state index is -0.227. The molecule has 3 atom stereocenters. The minimum Gasteiger partial charge on any atom is -0.468 e. The molecule has 2 aromatic rings. The van der Waals surface area contributed by atoms with Crippen LogP contribution in [-0.4, -0.2) is 35.2 Å². The predicted molar refractivity (Wildman–Crippen MR) is 86.4 cm³/mol. The molecular weight excluding hydrogens is 276 g/mol. The molecule has 0 spiro atoms. The van der Waals surface area contributed by atoms with Gasteiger partial charge in [0.1, 0.15) is 5.76 Å². The lowest BCUT2D eigenvalue weighted by molar-refractivity contribution is 0.172. The molecule has 0 saturated carbocycles. The largest absolute Gasteiger partial charge is 0.468 e. The summed E-state index contributed by atoms with van der Waals surface area (Å²) in [6.07, 6.45) is 2.30. The normalized spacial score (nSPS) is 23.7. The zero-order valence-electron chi connectivity index (χ0n) is 13.0. The molecule has 1 saturated heterocycles. The topological polar surface area (TPSA) is 48.6 Å². The van der Waals surface area contributed by atoms with Crippen molar-refractivity contribution in [2.45, 2.75) is 38.1 Å². The molecule has 1 aliphatic rings. The number of hydrogen-bond donors (Lipinski definition) is 2. The summed E-state index contributed by atoms with van der Waals surface area (Å²) in [5.74, 6) is 0.952. The van der Waals surface area contributed by atoms with Crippen LogP contribution in [0.1, 0.15) is 30.7 Å². The second-order valence-corrected chi connectivity index (χ2v) is 6.10. The van der Waals surface area contributed by atoms with Crippen molar-refractivity contribution in [3.63, 3.8) is 0 Å². The van der Waals surface area contributed by atoms with E-state index in [0.717, 1.165) is 31.8 Å². The lowest BCUT2D eigenvalue weighted by Gasteiger charge is -2.25. The number of aliphatic hydroxyl groups excluding tert-OH is 1. The van der Waals surface area contributed by atoms with Gasteiger partial charge in [-0.25, -0.2) is 0 Å². The summed E-state index contributed by atoms with van der Waals surface area (Å²) in [4.78, 5) is 2.36. The first-order chi connectivity index (χ1) is 10.7. The molecule has 2 N–H and O–H groups in total. The molecule has 0 amide bonds. The van der Waals surface area contributed by atoms with Crippen LogP contribution in [0.15, 0.2) is 53.1 Å². The maximum Gasteiger partial charge on any atom is 0.120 e. The van der Waals surface area contributed by atoms with Gasteiger partial charge >= 0.3 is 0 Å². The van der Waals surface area contributed by atoms with Crippen molar-refractivity contribution in [2.75, 3.05) is 13.1 Å². The van der Waals surface area contributed by atoms with Crippen molar-refractivity contribution >= 4 is 0 Å². The van der Waals surface area contributed by atoms with Gasteiger partial charge in [0.15, 0.2) is 0 Å². The highest BCUT2D eigenvalue weighted by Crippen LogP contribution is 2.21. The van der Waals surface area contributed by atoms with Crippen LogP contribution in [-0.2, 0) is 6.54 Å². The Hall–Kier alpha value is -1.62. The Bertz CT molecular complexity index is 556.